The number of nitrogens with zero attached hydrogens (tertiary/aromatic N) is 1. The van der Waals surface area contributed by atoms with Crippen molar-refractivity contribution in [3.8, 4) is 59.2 Å². The molecule has 0 unspecified atom stereocenters. The van der Waals surface area contributed by atoms with Gasteiger partial charge >= 0.3 is 12.7 Å². The number of rotatable bonds is 14. The first-order chi connectivity index (χ1) is 35.0. The van der Waals surface area contributed by atoms with Crippen LogP contribution in [0.2, 0.25) is 0 Å². The monoisotopic (exact) mass is 1110 g/mol. The Bertz CT molecular complexity index is 2650. The third-order valence-electron chi connectivity index (χ3n) is 12.1. The molecule has 2 amide bonds. The highest BCUT2D eigenvalue weighted by Crippen LogP contribution is 2.38. The number of piperidine rings is 2. The summed E-state index contributed by atoms with van der Waals surface area (Å²) in [6, 6.07) is 20.6. The number of nitrogens with one attached hydrogen (secondary N) is 3. The van der Waals surface area contributed by atoms with Crippen molar-refractivity contribution in [3.05, 3.63) is 109 Å². The Morgan fingerprint density at radius 3 is 1.31 bits per heavy atom. The summed E-state index contributed by atoms with van der Waals surface area (Å²) >= 11 is 0. The van der Waals surface area contributed by atoms with E-state index < -0.39 is 65.2 Å². The van der Waals surface area contributed by atoms with E-state index >= 15 is 0 Å². The third kappa shape index (κ3) is 16.2. The zero-order valence-corrected chi connectivity index (χ0v) is 43.0. The van der Waals surface area contributed by atoms with Gasteiger partial charge in [-0.1, -0.05) is 5.92 Å². The largest absolute Gasteiger partial charge is 1.00 e. The Balaban J connectivity index is 0.000000288. The van der Waals surface area contributed by atoms with Gasteiger partial charge in [-0.3, -0.25) is 14.5 Å². The molecule has 3 heterocycles. The lowest BCUT2D eigenvalue weighted by Gasteiger charge is -2.39. The molecule has 7 rings (SSSR count). The molecular weight excluding hydrogens is 1060 g/mol. The number of allylic oxidation sites excluding steroid dienone is 1. The van der Waals surface area contributed by atoms with Crippen LogP contribution in [0, 0.1) is 24.7 Å². The van der Waals surface area contributed by atoms with Crippen LogP contribution >= 0.6 is 0 Å². The zero-order valence-electron chi connectivity index (χ0n) is 40.6. The maximum Gasteiger partial charge on any atom is 0.573 e. The van der Waals surface area contributed by atoms with Crippen LogP contribution in [0.4, 0.5) is 26.3 Å². The summed E-state index contributed by atoms with van der Waals surface area (Å²) in [4.78, 5) is 28.4. The number of carbonyl (C=O) groups excluding carboxylic acids is 2. The summed E-state index contributed by atoms with van der Waals surface area (Å²) in [7, 11) is -5.29. The molecule has 4 aromatic rings. The van der Waals surface area contributed by atoms with Gasteiger partial charge in [0.1, 0.15) is 41.0 Å². The molecule has 2 fully saturated rings. The molecule has 406 valence electrons. The fourth-order valence-electron chi connectivity index (χ4n) is 8.23. The quantitative estimate of drug-likeness (QED) is 0.124. The summed E-state index contributed by atoms with van der Waals surface area (Å²) in [6.07, 6.45) is 7.77. The number of amides is 2. The summed E-state index contributed by atoms with van der Waals surface area (Å²) < 4.78 is 148. The molecule has 3 aliphatic rings. The fourth-order valence-corrected chi connectivity index (χ4v) is 12.3. The Morgan fingerprint density at radius 2 is 1.01 bits per heavy atom. The van der Waals surface area contributed by atoms with Gasteiger partial charge in [-0.25, -0.2) is 16.8 Å². The maximum absolute atomic E-state index is 13.5. The van der Waals surface area contributed by atoms with Gasteiger partial charge in [-0.2, -0.15) is 0 Å². The van der Waals surface area contributed by atoms with Crippen molar-refractivity contribution in [2.45, 2.75) is 70.5 Å². The Hall–Kier alpha value is -6.63. The molecule has 0 atom stereocenters. The Morgan fingerprint density at radius 1 is 0.640 bits per heavy atom. The second-order valence-corrected chi connectivity index (χ2v) is 21.4. The molecule has 0 spiro atoms. The van der Waals surface area contributed by atoms with Crippen molar-refractivity contribution in [2.24, 2.45) is 0 Å². The van der Waals surface area contributed by atoms with Gasteiger partial charge in [-0.05, 0) is 135 Å². The number of quaternary nitrogens is 1. The first-order valence-electron chi connectivity index (χ1n) is 22.9. The van der Waals surface area contributed by atoms with Crippen LogP contribution in [0.1, 0.15) is 38.5 Å². The highest BCUT2D eigenvalue weighted by Gasteiger charge is 2.54. The van der Waals surface area contributed by atoms with Crippen LogP contribution in [0.15, 0.2) is 119 Å². The van der Waals surface area contributed by atoms with Crippen molar-refractivity contribution >= 4 is 31.5 Å². The molecule has 15 nitrogen and oxygen atoms in total. The van der Waals surface area contributed by atoms with Crippen molar-refractivity contribution in [1.29, 1.82) is 0 Å². The standard InChI is InChI=1S/2C23H23F3N2O5S.C5H8O.ClH/c2*1-3-14-28-15-12-22(13-16-28,21(29)27-2)34(30,31)20-10-8-18(9-11-20)32-17-4-6-19(7-5-17)33-23(24,25)26;1-2-4-6-5-3-1;/h2*1,4-11H,12-16H2,2H3,(H,27,29);2,4H,1,3,5H2;1H. The number of likely N-dealkylation sites (tertiary alicyclic amines) is 2. The number of hydrogen-bond acceptors (Lipinski definition) is 12. The summed E-state index contributed by atoms with van der Waals surface area (Å²) in [5.41, 5.74) is 0. The van der Waals surface area contributed by atoms with Crippen LogP contribution in [-0.2, 0) is 34.0 Å². The van der Waals surface area contributed by atoms with E-state index in [0.29, 0.717) is 39.3 Å². The lowest BCUT2D eigenvalue weighted by molar-refractivity contribution is -0.897. The van der Waals surface area contributed by atoms with E-state index in [1.807, 2.05) is 11.0 Å². The minimum atomic E-state index is -4.80. The van der Waals surface area contributed by atoms with Crippen LogP contribution in [0.3, 0.4) is 0 Å². The predicted molar refractivity (Wildman–Crippen MR) is 260 cm³/mol. The summed E-state index contributed by atoms with van der Waals surface area (Å²) in [6.45, 7) is 3.38. The van der Waals surface area contributed by atoms with Crippen LogP contribution < -0.4 is 46.9 Å². The van der Waals surface area contributed by atoms with Crippen molar-refractivity contribution < 1.29 is 93.8 Å². The van der Waals surface area contributed by atoms with Crippen LogP contribution in [-0.4, -0.2) is 116 Å². The lowest BCUT2D eigenvalue weighted by atomic mass is 9.94. The Kier molecular flexibility index (Phi) is 21.7. The molecule has 24 heteroatoms. The zero-order chi connectivity index (χ0) is 54.2. The number of halogens is 7. The van der Waals surface area contributed by atoms with E-state index in [4.69, 9.17) is 27.1 Å². The first kappa shape index (κ1) is 60.9. The van der Waals surface area contributed by atoms with Gasteiger partial charge in [0.2, 0.25) is 11.8 Å². The maximum atomic E-state index is 13.5. The van der Waals surface area contributed by atoms with Crippen LogP contribution in [0.25, 0.3) is 0 Å². The van der Waals surface area contributed by atoms with Gasteiger partial charge in [-0.15, -0.1) is 39.2 Å². The number of sulfone groups is 2. The number of alkyl halides is 6. The van der Waals surface area contributed by atoms with E-state index in [1.54, 1.807) is 6.26 Å². The van der Waals surface area contributed by atoms with Gasteiger partial charge in [0.05, 0.1) is 42.3 Å². The second-order valence-electron chi connectivity index (χ2n) is 16.8. The molecule has 0 saturated carbocycles. The minimum Gasteiger partial charge on any atom is -1.00 e. The SMILES string of the molecule is C#CCN1CCC(C(=O)NC)(S(=O)(=O)c2ccc(Oc3ccc(OC(F)(F)F)cc3)cc2)CC1.C#CC[NH+]1CCC(C(=O)NC)(S(=O)(=O)c2ccc(Oc3ccc(OC(F)(F)F)cc3)cc2)CC1.C1=COCCC1.[Cl-]. The second kappa shape index (κ2) is 26.7. The Labute approximate surface area is 438 Å². The molecule has 2 saturated heterocycles. The van der Waals surface area contributed by atoms with Crippen molar-refractivity contribution in [2.75, 3.05) is 60.0 Å². The van der Waals surface area contributed by atoms with Crippen LogP contribution in [0.5, 0.6) is 34.5 Å². The molecule has 0 aromatic heterocycles. The van der Waals surface area contributed by atoms with E-state index in [-0.39, 0.29) is 70.9 Å². The fraction of sp³-hybridized carbons (Fsp3) is 0.373. The van der Waals surface area contributed by atoms with Gasteiger partial charge in [0, 0.05) is 40.0 Å². The van der Waals surface area contributed by atoms with E-state index in [0.717, 1.165) is 35.8 Å². The number of carbonyl (C=O) groups is 2. The average Bonchev–Trinajstić information content (AvgIpc) is 3.38. The number of ether oxygens (including phenoxy) is 5. The number of terminal acetylenes is 2. The predicted octanol–water partition coefficient (Wildman–Crippen LogP) is 3.63. The summed E-state index contributed by atoms with van der Waals surface area (Å²) in [5.74, 6) is 4.16. The molecule has 3 N–H and O–H groups in total. The molecule has 4 aromatic carbocycles. The number of benzene rings is 4. The molecular formula is C51H55ClF6N4O11S2. The minimum absolute atomic E-state index is 0. The molecule has 3 aliphatic heterocycles. The third-order valence-corrected chi connectivity index (χ3v) is 17.1. The highest BCUT2D eigenvalue weighted by molar-refractivity contribution is 7.94. The van der Waals surface area contributed by atoms with Gasteiger partial charge < -0.3 is 51.6 Å². The van der Waals surface area contributed by atoms with Gasteiger partial charge in [0.25, 0.3) is 0 Å². The van der Waals surface area contributed by atoms with Crippen molar-refractivity contribution in [1.82, 2.24) is 15.5 Å². The van der Waals surface area contributed by atoms with Gasteiger partial charge in [0.15, 0.2) is 29.2 Å². The highest BCUT2D eigenvalue weighted by atomic mass is 35.5. The smallest absolute Gasteiger partial charge is 0.573 e. The van der Waals surface area contributed by atoms with E-state index in [1.165, 1.54) is 99.7 Å². The van der Waals surface area contributed by atoms with E-state index in [9.17, 15) is 52.8 Å². The molecule has 0 bridgehead atoms. The summed E-state index contributed by atoms with van der Waals surface area (Å²) in [5, 5.41) is 4.97. The lowest BCUT2D eigenvalue weighted by Crippen LogP contribution is -3.13. The van der Waals surface area contributed by atoms with Crippen molar-refractivity contribution in [3.63, 3.8) is 0 Å². The molecule has 75 heavy (non-hydrogen) atoms. The molecule has 0 aliphatic carbocycles. The normalized spacial score (nSPS) is 18.4. The first-order valence-corrected chi connectivity index (χ1v) is 25.9. The molecule has 0 radical (unpaired) electrons. The average molecular weight is 1110 g/mol. The topological polar surface area (TPSA) is 180 Å². The number of hydrogen-bond donors (Lipinski definition) is 3. The van der Waals surface area contributed by atoms with E-state index in [2.05, 4.69) is 31.9 Å².